The van der Waals surface area contributed by atoms with Crippen LogP contribution in [0.25, 0.3) is 0 Å². The zero-order valence-corrected chi connectivity index (χ0v) is 28.6. The third-order valence-electron chi connectivity index (χ3n) is 8.82. The fourth-order valence-electron chi connectivity index (χ4n) is 5.67. The van der Waals surface area contributed by atoms with Crippen LogP contribution in [0.5, 0.6) is 0 Å². The number of allylic oxidation sites excluding steroid dienone is 2. The summed E-state index contributed by atoms with van der Waals surface area (Å²) in [5.74, 6) is -0.712. The molecule has 1 fully saturated rings. The van der Waals surface area contributed by atoms with Crippen LogP contribution in [-0.2, 0) is 14.3 Å². The maximum absolute atomic E-state index is 12.9. The van der Waals surface area contributed by atoms with Gasteiger partial charge in [-0.3, -0.25) is 4.79 Å². The molecule has 0 aromatic rings. The lowest BCUT2D eigenvalue weighted by Gasteiger charge is -2.40. The normalized spacial score (nSPS) is 24.6. The van der Waals surface area contributed by atoms with E-state index >= 15 is 0 Å². The van der Waals surface area contributed by atoms with Gasteiger partial charge in [0.2, 0.25) is 5.91 Å². The number of nitrogens with one attached hydrogen (secondary N) is 1. The van der Waals surface area contributed by atoms with Crippen molar-refractivity contribution in [3.05, 3.63) is 12.2 Å². The number of hydrogen-bond donors (Lipinski definition) is 8. The first-order valence-electron chi connectivity index (χ1n) is 18.1. The average molecular weight is 662 g/mol. The second-order valence-corrected chi connectivity index (χ2v) is 12.9. The smallest absolute Gasteiger partial charge is 0.249 e. The van der Waals surface area contributed by atoms with Crippen LogP contribution in [0.4, 0.5) is 0 Å². The molecule has 1 heterocycles. The van der Waals surface area contributed by atoms with Gasteiger partial charge in [0.1, 0.15) is 36.6 Å². The maximum Gasteiger partial charge on any atom is 0.249 e. The zero-order valence-electron chi connectivity index (χ0n) is 28.6. The van der Waals surface area contributed by atoms with Crippen LogP contribution < -0.4 is 5.32 Å². The van der Waals surface area contributed by atoms with E-state index < -0.39 is 74.2 Å². The highest BCUT2D eigenvalue weighted by Gasteiger charge is 2.44. The molecule has 1 aliphatic rings. The fourth-order valence-corrected chi connectivity index (χ4v) is 5.67. The topological polar surface area (TPSA) is 189 Å². The minimum Gasteiger partial charge on any atom is -0.394 e. The van der Waals surface area contributed by atoms with Gasteiger partial charge in [-0.15, -0.1) is 0 Å². The molecule has 0 spiro atoms. The van der Waals surface area contributed by atoms with Crippen LogP contribution in [0, 0.1) is 0 Å². The van der Waals surface area contributed by atoms with Crippen molar-refractivity contribution in [1.29, 1.82) is 0 Å². The first-order valence-corrected chi connectivity index (χ1v) is 18.1. The third-order valence-corrected chi connectivity index (χ3v) is 8.82. The zero-order chi connectivity index (χ0) is 34.2. The molecule has 0 saturated carbocycles. The maximum atomic E-state index is 12.9. The van der Waals surface area contributed by atoms with E-state index in [1.165, 1.54) is 44.9 Å². The Kier molecular flexibility index (Phi) is 24.9. The van der Waals surface area contributed by atoms with E-state index in [4.69, 9.17) is 9.47 Å². The molecule has 1 amide bonds. The highest BCUT2D eigenvalue weighted by molar-refractivity contribution is 5.80. The minimum absolute atomic E-state index is 0.246. The third kappa shape index (κ3) is 17.8. The second kappa shape index (κ2) is 26.8. The molecule has 1 saturated heterocycles. The molecule has 0 aromatic heterocycles. The van der Waals surface area contributed by atoms with Crippen LogP contribution in [0.2, 0.25) is 0 Å². The molecule has 11 nitrogen and oxygen atoms in total. The molecule has 0 radical (unpaired) electrons. The van der Waals surface area contributed by atoms with Gasteiger partial charge in [-0.05, 0) is 38.5 Å². The van der Waals surface area contributed by atoms with E-state index in [2.05, 4.69) is 31.3 Å². The van der Waals surface area contributed by atoms with Crippen molar-refractivity contribution in [1.82, 2.24) is 5.32 Å². The van der Waals surface area contributed by atoms with Crippen molar-refractivity contribution < 1.29 is 50.0 Å². The van der Waals surface area contributed by atoms with Crippen molar-refractivity contribution >= 4 is 5.91 Å². The van der Waals surface area contributed by atoms with E-state index in [1.54, 1.807) is 0 Å². The SMILES string of the molecule is CCCCC/C=C\CCCCCCC(O)C(=O)NC(COC1OC(CO)C(O)C(O)C1O)C(O)C(O)CCCCCCCCCC. The Labute approximate surface area is 277 Å². The van der Waals surface area contributed by atoms with Gasteiger partial charge < -0.3 is 50.5 Å². The second-order valence-electron chi connectivity index (χ2n) is 12.9. The Hall–Kier alpha value is -1.15. The Bertz CT molecular complexity index is 770. The van der Waals surface area contributed by atoms with Gasteiger partial charge in [-0.1, -0.05) is 109 Å². The number of carbonyl (C=O) groups is 1. The number of unbranched alkanes of at least 4 members (excludes halogenated alkanes) is 14. The van der Waals surface area contributed by atoms with Crippen molar-refractivity contribution in [3.8, 4) is 0 Å². The van der Waals surface area contributed by atoms with Crippen LogP contribution in [-0.4, -0.2) is 110 Å². The van der Waals surface area contributed by atoms with E-state index in [0.717, 1.165) is 51.4 Å². The fraction of sp³-hybridized carbons (Fsp3) is 0.914. The summed E-state index contributed by atoms with van der Waals surface area (Å²) < 4.78 is 11.0. The van der Waals surface area contributed by atoms with Gasteiger partial charge in [0, 0.05) is 0 Å². The van der Waals surface area contributed by atoms with Crippen LogP contribution in [0.1, 0.15) is 136 Å². The van der Waals surface area contributed by atoms with E-state index in [9.17, 15) is 40.5 Å². The molecular formula is C35H67NO10. The van der Waals surface area contributed by atoms with Crippen molar-refractivity contribution in [2.24, 2.45) is 0 Å². The van der Waals surface area contributed by atoms with Gasteiger partial charge >= 0.3 is 0 Å². The molecule has 1 rings (SSSR count). The summed E-state index contributed by atoms with van der Waals surface area (Å²) in [4.78, 5) is 12.9. The standard InChI is InChI=1S/C35H67NO10/c1-3-5-7-9-11-13-14-15-17-19-21-23-28(39)34(44)36-26(25-45-35-33(43)32(42)31(41)29(24-37)46-35)30(40)27(38)22-20-18-16-12-10-8-6-4-2/h11,13,26-33,35,37-43H,3-10,12,14-25H2,1-2H3,(H,36,44)/b13-11-. The van der Waals surface area contributed by atoms with Gasteiger partial charge in [0.15, 0.2) is 6.29 Å². The lowest BCUT2D eigenvalue weighted by Crippen LogP contribution is -2.60. The molecule has 272 valence electrons. The molecule has 11 heteroatoms. The van der Waals surface area contributed by atoms with Gasteiger partial charge in [-0.2, -0.15) is 0 Å². The van der Waals surface area contributed by atoms with Crippen LogP contribution in [0.15, 0.2) is 12.2 Å². The summed E-state index contributed by atoms with van der Waals surface area (Å²) in [6, 6.07) is -1.16. The molecule has 1 aliphatic heterocycles. The molecule has 8 N–H and O–H groups in total. The Balaban J connectivity index is 2.62. The van der Waals surface area contributed by atoms with E-state index in [-0.39, 0.29) is 6.42 Å². The summed E-state index contributed by atoms with van der Waals surface area (Å²) in [5, 5.41) is 74.8. The summed E-state index contributed by atoms with van der Waals surface area (Å²) in [6.07, 6.45) is 11.5. The van der Waals surface area contributed by atoms with Gasteiger partial charge in [0.05, 0.1) is 25.4 Å². The highest BCUT2D eigenvalue weighted by atomic mass is 16.7. The van der Waals surface area contributed by atoms with Gasteiger partial charge in [0.25, 0.3) is 0 Å². The first-order chi connectivity index (χ1) is 22.2. The quantitative estimate of drug-likeness (QED) is 0.0456. The molecule has 0 bridgehead atoms. The molecule has 9 atom stereocenters. The number of hydrogen-bond acceptors (Lipinski definition) is 10. The number of aliphatic hydroxyl groups is 7. The lowest BCUT2D eigenvalue weighted by atomic mass is 9.98. The highest BCUT2D eigenvalue weighted by Crippen LogP contribution is 2.23. The van der Waals surface area contributed by atoms with Crippen molar-refractivity contribution in [2.45, 2.75) is 191 Å². The number of carbonyl (C=O) groups excluding carboxylic acids is 1. The minimum atomic E-state index is -1.66. The van der Waals surface area contributed by atoms with E-state index in [0.29, 0.717) is 19.3 Å². The summed E-state index contributed by atoms with van der Waals surface area (Å²) in [5.41, 5.74) is 0. The van der Waals surface area contributed by atoms with Crippen molar-refractivity contribution in [2.75, 3.05) is 13.2 Å². The van der Waals surface area contributed by atoms with E-state index in [1.807, 2.05) is 0 Å². The predicted octanol–water partition coefficient (Wildman–Crippen LogP) is 3.38. The van der Waals surface area contributed by atoms with Gasteiger partial charge in [-0.25, -0.2) is 0 Å². The predicted molar refractivity (Wildman–Crippen MR) is 178 cm³/mol. The lowest BCUT2D eigenvalue weighted by molar-refractivity contribution is -0.303. The molecule has 46 heavy (non-hydrogen) atoms. The van der Waals surface area contributed by atoms with Crippen molar-refractivity contribution in [3.63, 3.8) is 0 Å². The number of ether oxygens (including phenoxy) is 2. The number of rotatable bonds is 28. The Morgan fingerprint density at radius 2 is 1.26 bits per heavy atom. The largest absolute Gasteiger partial charge is 0.394 e. The summed E-state index contributed by atoms with van der Waals surface area (Å²) in [7, 11) is 0. The van der Waals surface area contributed by atoms with Crippen LogP contribution >= 0.6 is 0 Å². The summed E-state index contributed by atoms with van der Waals surface area (Å²) in [6.45, 7) is 3.31. The van der Waals surface area contributed by atoms with Crippen LogP contribution in [0.3, 0.4) is 0 Å². The monoisotopic (exact) mass is 661 g/mol. The molecule has 0 aromatic carbocycles. The molecule has 0 aliphatic carbocycles. The molecular weight excluding hydrogens is 594 g/mol. The Morgan fingerprint density at radius 1 is 0.739 bits per heavy atom. The Morgan fingerprint density at radius 3 is 1.87 bits per heavy atom. The first kappa shape index (κ1) is 42.9. The average Bonchev–Trinajstić information content (AvgIpc) is 3.05. The number of aliphatic hydroxyl groups excluding tert-OH is 7. The molecule has 9 unspecified atom stereocenters. The number of amides is 1. The summed E-state index contributed by atoms with van der Waals surface area (Å²) >= 11 is 0.